The Bertz CT molecular complexity index is 1210. The van der Waals surface area contributed by atoms with Gasteiger partial charge in [0, 0.05) is 26.6 Å². The minimum Gasteiger partial charge on any atom is -0.477 e. The van der Waals surface area contributed by atoms with Crippen LogP contribution in [0.2, 0.25) is 10.0 Å². The van der Waals surface area contributed by atoms with Gasteiger partial charge >= 0.3 is 5.97 Å². The van der Waals surface area contributed by atoms with Crippen LogP contribution in [0.5, 0.6) is 0 Å². The minimum atomic E-state index is -1.26. The van der Waals surface area contributed by atoms with Crippen LogP contribution < -0.4 is 16.8 Å². The number of rotatable bonds is 7. The van der Waals surface area contributed by atoms with Gasteiger partial charge in [-0.2, -0.15) is 4.98 Å². The van der Waals surface area contributed by atoms with Gasteiger partial charge in [0.15, 0.2) is 0 Å². The number of carboxylic acids is 1. The summed E-state index contributed by atoms with van der Waals surface area (Å²) >= 11 is 15.7. The molecule has 1 aromatic heterocycles. The number of anilines is 2. The van der Waals surface area contributed by atoms with Crippen molar-refractivity contribution in [3.8, 4) is 0 Å². The smallest absolute Gasteiger partial charge is 0.353 e. The number of halogens is 2. The monoisotopic (exact) mass is 558 g/mol. The van der Waals surface area contributed by atoms with Crippen molar-refractivity contribution in [2.45, 2.75) is 21.3 Å². The maximum Gasteiger partial charge on any atom is 0.353 e. The lowest BCUT2D eigenvalue weighted by Crippen LogP contribution is -2.70. The van der Waals surface area contributed by atoms with Crippen LogP contribution in [0.1, 0.15) is 0 Å². The molecule has 0 saturated carbocycles. The molecule has 0 aliphatic carbocycles. The number of fused-ring (bicyclic) bond motifs is 1. The number of aliphatic carboxylic acids is 1. The van der Waals surface area contributed by atoms with E-state index in [1.54, 1.807) is 18.2 Å². The Morgan fingerprint density at radius 1 is 1.26 bits per heavy atom. The molecular formula is C19H16Cl2N6O4S3. The van der Waals surface area contributed by atoms with Crippen LogP contribution in [-0.2, 0) is 14.4 Å². The summed E-state index contributed by atoms with van der Waals surface area (Å²) in [6.07, 6.45) is 0. The van der Waals surface area contributed by atoms with Gasteiger partial charge in [0.05, 0.1) is 10.8 Å². The van der Waals surface area contributed by atoms with Gasteiger partial charge in [0.1, 0.15) is 28.0 Å². The molecule has 2 aliphatic heterocycles. The SMILES string of the molecule is Nc1cc(SC2=C(C(=O)O)N3C(=O)[C@@H](NC(=O)CSc4cc(Cl)ccc4Cl)[C@H]3SC2)nc(N)n1. The summed E-state index contributed by atoms with van der Waals surface area (Å²) in [6, 6.07) is 5.56. The first-order valence-electron chi connectivity index (χ1n) is 9.50. The standard InChI is InChI=1S/C19H16Cl2N6O4S3/c20-7-1-2-8(21)9(3-7)32-6-12(28)25-14-16(29)27-15(18(30)31)10(5-33-17(14)27)34-13-4-11(22)24-19(23)26-13/h1-4,14,17H,5-6H2,(H,25,28)(H,30,31)(H4,22,23,24,26)/t14-,17-/m1/s1. The average Bonchev–Trinajstić information content (AvgIpc) is 2.76. The van der Waals surface area contributed by atoms with E-state index in [4.69, 9.17) is 34.7 Å². The Kier molecular flexibility index (Phi) is 7.38. The van der Waals surface area contributed by atoms with Gasteiger partial charge in [-0.05, 0) is 18.2 Å². The van der Waals surface area contributed by atoms with E-state index in [9.17, 15) is 19.5 Å². The molecule has 2 aromatic rings. The number of nitrogens with zero attached hydrogens (tertiary/aromatic N) is 3. The van der Waals surface area contributed by atoms with E-state index in [1.807, 2.05) is 0 Å². The van der Waals surface area contributed by atoms with Gasteiger partial charge in [-0.1, -0.05) is 35.0 Å². The summed E-state index contributed by atoms with van der Waals surface area (Å²) in [5.41, 5.74) is 11.1. The lowest BCUT2D eigenvalue weighted by molar-refractivity contribution is -0.150. The van der Waals surface area contributed by atoms with E-state index in [1.165, 1.54) is 34.5 Å². The summed E-state index contributed by atoms with van der Waals surface area (Å²) in [5.74, 6) is -1.73. The fourth-order valence-corrected chi connectivity index (χ4v) is 7.05. The Balaban J connectivity index is 1.44. The van der Waals surface area contributed by atoms with E-state index in [0.29, 0.717) is 30.6 Å². The lowest BCUT2D eigenvalue weighted by Gasteiger charge is -2.49. The zero-order chi connectivity index (χ0) is 24.6. The molecule has 3 heterocycles. The van der Waals surface area contributed by atoms with E-state index < -0.39 is 23.3 Å². The largest absolute Gasteiger partial charge is 0.477 e. The average molecular weight is 559 g/mol. The number of carbonyl (C=O) groups is 3. The fraction of sp³-hybridized carbons (Fsp3) is 0.211. The number of nitrogens with one attached hydrogen (secondary N) is 1. The second-order valence-electron chi connectivity index (χ2n) is 6.99. The van der Waals surface area contributed by atoms with Crippen molar-refractivity contribution in [2.24, 2.45) is 0 Å². The molecule has 2 atom stereocenters. The zero-order valence-corrected chi connectivity index (χ0v) is 21.0. The first-order valence-corrected chi connectivity index (χ1v) is 13.1. The number of hydrogen-bond donors (Lipinski definition) is 4. The number of benzene rings is 1. The highest BCUT2D eigenvalue weighted by Gasteiger charge is 2.54. The van der Waals surface area contributed by atoms with E-state index in [-0.39, 0.29) is 29.1 Å². The molecule has 1 aromatic carbocycles. The summed E-state index contributed by atoms with van der Waals surface area (Å²) in [7, 11) is 0. The van der Waals surface area contributed by atoms with E-state index in [2.05, 4.69) is 15.3 Å². The van der Waals surface area contributed by atoms with Crippen LogP contribution >= 0.6 is 58.5 Å². The van der Waals surface area contributed by atoms with Crippen molar-refractivity contribution in [1.82, 2.24) is 20.2 Å². The van der Waals surface area contributed by atoms with Crippen molar-refractivity contribution in [3.05, 3.63) is 44.9 Å². The highest BCUT2D eigenvalue weighted by molar-refractivity contribution is 8.06. The number of β-lactam (4-membered cyclic amide) rings is 1. The number of carbonyl (C=O) groups excluding carboxylic acids is 2. The molecule has 0 unspecified atom stereocenters. The summed E-state index contributed by atoms with van der Waals surface area (Å²) in [4.78, 5) is 47.3. The molecule has 178 valence electrons. The van der Waals surface area contributed by atoms with Crippen LogP contribution in [-0.4, -0.2) is 60.7 Å². The lowest BCUT2D eigenvalue weighted by atomic mass is 10.1. The molecule has 6 N–H and O–H groups in total. The molecule has 15 heteroatoms. The van der Waals surface area contributed by atoms with Gasteiger partial charge in [-0.25, -0.2) is 9.78 Å². The van der Waals surface area contributed by atoms with Crippen LogP contribution in [0.15, 0.2) is 44.8 Å². The second-order valence-corrected chi connectivity index (χ2v) is 11.1. The molecule has 0 spiro atoms. The van der Waals surface area contributed by atoms with Gasteiger partial charge in [-0.15, -0.1) is 23.5 Å². The summed E-state index contributed by atoms with van der Waals surface area (Å²) in [5, 5.41) is 13.3. The molecule has 0 bridgehead atoms. The predicted molar refractivity (Wildman–Crippen MR) is 134 cm³/mol. The van der Waals surface area contributed by atoms with Crippen molar-refractivity contribution < 1.29 is 19.5 Å². The van der Waals surface area contributed by atoms with Crippen molar-refractivity contribution >= 4 is 88.0 Å². The first kappa shape index (κ1) is 24.8. The van der Waals surface area contributed by atoms with E-state index in [0.717, 1.165) is 11.8 Å². The minimum absolute atomic E-state index is 0.0144. The molecule has 1 saturated heterocycles. The number of carboxylic acid groups (broad SMARTS) is 1. The highest BCUT2D eigenvalue weighted by Crippen LogP contribution is 2.45. The molecular weight excluding hydrogens is 543 g/mol. The number of thioether (sulfide) groups is 3. The Morgan fingerprint density at radius 3 is 2.74 bits per heavy atom. The van der Waals surface area contributed by atoms with Crippen molar-refractivity contribution in [1.29, 1.82) is 0 Å². The second kappa shape index (κ2) is 10.1. The predicted octanol–water partition coefficient (Wildman–Crippen LogP) is 2.53. The fourth-order valence-electron chi connectivity index (χ4n) is 3.26. The third kappa shape index (κ3) is 5.18. The maximum atomic E-state index is 12.8. The summed E-state index contributed by atoms with van der Waals surface area (Å²) in [6.45, 7) is 0. The van der Waals surface area contributed by atoms with Gasteiger partial charge in [-0.3, -0.25) is 14.5 Å². The van der Waals surface area contributed by atoms with Crippen LogP contribution in [0.3, 0.4) is 0 Å². The summed E-state index contributed by atoms with van der Waals surface area (Å²) < 4.78 is 0. The third-order valence-electron chi connectivity index (χ3n) is 4.67. The number of aromatic nitrogens is 2. The van der Waals surface area contributed by atoms with Crippen molar-refractivity contribution in [2.75, 3.05) is 23.0 Å². The van der Waals surface area contributed by atoms with E-state index >= 15 is 0 Å². The number of hydrogen-bond acceptors (Lipinski definition) is 10. The molecule has 2 aliphatic rings. The molecule has 0 radical (unpaired) electrons. The van der Waals surface area contributed by atoms with Crippen LogP contribution in [0, 0.1) is 0 Å². The third-order valence-corrected chi connectivity index (χ3v) is 8.87. The zero-order valence-electron chi connectivity index (χ0n) is 17.0. The Hall–Kier alpha value is -2.32. The molecule has 10 nitrogen and oxygen atoms in total. The molecule has 1 fully saturated rings. The van der Waals surface area contributed by atoms with Crippen LogP contribution in [0.25, 0.3) is 0 Å². The quantitative estimate of drug-likeness (QED) is 0.224. The molecule has 34 heavy (non-hydrogen) atoms. The highest BCUT2D eigenvalue weighted by atomic mass is 35.5. The van der Waals surface area contributed by atoms with Gasteiger partial charge < -0.3 is 21.9 Å². The maximum absolute atomic E-state index is 12.8. The molecule has 2 amide bonds. The Labute approximate surface area is 216 Å². The number of amides is 2. The van der Waals surface area contributed by atoms with Crippen molar-refractivity contribution in [3.63, 3.8) is 0 Å². The molecule has 4 rings (SSSR count). The number of nitrogen functional groups attached to an aromatic ring is 2. The van der Waals surface area contributed by atoms with Gasteiger partial charge in [0.2, 0.25) is 11.9 Å². The van der Waals surface area contributed by atoms with Gasteiger partial charge in [0.25, 0.3) is 5.91 Å². The first-order chi connectivity index (χ1) is 16.1. The normalized spacial score (nSPS) is 19.5. The number of nitrogens with two attached hydrogens (primary N) is 2. The van der Waals surface area contributed by atoms with Crippen LogP contribution in [0.4, 0.5) is 11.8 Å². The topological polar surface area (TPSA) is 165 Å². The Morgan fingerprint density at radius 2 is 2.03 bits per heavy atom.